The molecule has 9 rings (SSSR count). The molecule has 3 saturated carbocycles. The fourth-order valence-electron chi connectivity index (χ4n) is 9.29. The molecular formula is C44H49N7O10. The van der Waals surface area contributed by atoms with E-state index in [4.69, 9.17) is 18.9 Å². The van der Waals surface area contributed by atoms with E-state index in [2.05, 4.69) is 32.9 Å². The molecule has 2 aliphatic heterocycles. The van der Waals surface area contributed by atoms with E-state index in [9.17, 15) is 28.8 Å². The Morgan fingerprint density at radius 1 is 0.918 bits per heavy atom. The zero-order chi connectivity index (χ0) is 43.1. The van der Waals surface area contributed by atoms with Crippen LogP contribution in [0.3, 0.4) is 0 Å². The summed E-state index contributed by atoms with van der Waals surface area (Å²) >= 11 is 0. The molecule has 5 amide bonds. The van der Waals surface area contributed by atoms with Crippen LogP contribution in [-0.4, -0.2) is 121 Å². The first-order valence-corrected chi connectivity index (χ1v) is 20.3. The second-order valence-electron chi connectivity index (χ2n) is 16.2. The van der Waals surface area contributed by atoms with Crippen LogP contribution < -0.4 is 31.0 Å². The number of imide groups is 2. The van der Waals surface area contributed by atoms with Gasteiger partial charge in [-0.2, -0.15) is 0 Å². The van der Waals surface area contributed by atoms with Crippen LogP contribution in [0, 0.1) is 5.41 Å². The molecule has 2 bridgehead atoms. The summed E-state index contributed by atoms with van der Waals surface area (Å²) in [5.74, 6) is -0.829. The average Bonchev–Trinajstić information content (AvgIpc) is 3.47. The van der Waals surface area contributed by atoms with Gasteiger partial charge in [0.05, 0.1) is 68.1 Å². The number of nitrogens with zero attached hydrogens (tertiary/aromatic N) is 4. The van der Waals surface area contributed by atoms with Crippen LogP contribution >= 0.6 is 0 Å². The first-order chi connectivity index (χ1) is 29.4. The largest absolute Gasteiger partial charge is 0.496 e. The molecule has 4 heterocycles. The Morgan fingerprint density at radius 3 is 2.31 bits per heavy atom. The topological polar surface area (TPSA) is 200 Å². The molecule has 320 valence electrons. The molecule has 0 radical (unpaired) electrons. The zero-order valence-electron chi connectivity index (χ0n) is 34.6. The number of ether oxygens (including phenoxy) is 4. The Kier molecular flexibility index (Phi) is 11.4. The van der Waals surface area contributed by atoms with E-state index in [1.807, 2.05) is 24.4 Å². The monoisotopic (exact) mass is 835 g/mol. The van der Waals surface area contributed by atoms with Crippen molar-refractivity contribution in [3.8, 4) is 22.6 Å². The van der Waals surface area contributed by atoms with Gasteiger partial charge >= 0.3 is 0 Å². The van der Waals surface area contributed by atoms with E-state index < -0.39 is 29.7 Å². The number of pyridine rings is 2. The molecule has 4 fully saturated rings. The summed E-state index contributed by atoms with van der Waals surface area (Å²) in [4.78, 5) is 83.7. The van der Waals surface area contributed by atoms with Gasteiger partial charge in [0.1, 0.15) is 17.5 Å². The highest BCUT2D eigenvalue weighted by molar-refractivity contribution is 6.25. The van der Waals surface area contributed by atoms with Crippen molar-refractivity contribution in [2.24, 2.45) is 12.5 Å². The molecule has 2 aromatic carbocycles. The highest BCUT2D eigenvalue weighted by Gasteiger charge is 2.72. The van der Waals surface area contributed by atoms with Gasteiger partial charge in [-0.15, -0.1) is 0 Å². The van der Waals surface area contributed by atoms with E-state index in [0.717, 1.165) is 46.2 Å². The number of carbonyl (C=O) groups is 5. The maximum Gasteiger partial charge on any atom is 0.264 e. The number of hydrogen-bond acceptors (Lipinski definition) is 13. The number of anilines is 1. The van der Waals surface area contributed by atoms with Crippen molar-refractivity contribution in [1.29, 1.82) is 0 Å². The number of hydrogen-bond donors (Lipinski definition) is 3. The first-order valence-electron chi connectivity index (χ1n) is 20.3. The average molecular weight is 836 g/mol. The third kappa shape index (κ3) is 7.50. The number of benzene rings is 2. The number of methoxy groups -OCH3 is 2. The van der Waals surface area contributed by atoms with Crippen LogP contribution in [-0.2, 0) is 37.4 Å². The Labute approximate surface area is 351 Å². The van der Waals surface area contributed by atoms with Crippen molar-refractivity contribution < 1.29 is 42.9 Å². The second kappa shape index (κ2) is 16.7. The van der Waals surface area contributed by atoms with Gasteiger partial charge in [0.15, 0.2) is 0 Å². The number of piperidine rings is 1. The third-order valence-corrected chi connectivity index (χ3v) is 12.5. The molecule has 0 spiro atoms. The normalized spacial score (nSPS) is 21.5. The van der Waals surface area contributed by atoms with Crippen LogP contribution in [0.4, 0.5) is 5.69 Å². The van der Waals surface area contributed by atoms with Gasteiger partial charge in [-0.1, -0.05) is 6.07 Å². The number of amides is 5. The second-order valence-corrected chi connectivity index (χ2v) is 16.2. The van der Waals surface area contributed by atoms with Crippen LogP contribution in [0.2, 0.25) is 0 Å². The lowest BCUT2D eigenvalue weighted by atomic mass is 9.38. The third-order valence-electron chi connectivity index (χ3n) is 12.5. The molecule has 1 atom stereocenters. The summed E-state index contributed by atoms with van der Waals surface area (Å²) in [5, 5.41) is 9.72. The highest BCUT2D eigenvalue weighted by atomic mass is 16.5. The van der Waals surface area contributed by atoms with Gasteiger partial charge in [-0.05, 0) is 74.0 Å². The summed E-state index contributed by atoms with van der Waals surface area (Å²) in [6, 6.07) is 9.65. The molecule has 61 heavy (non-hydrogen) atoms. The molecule has 3 N–H and O–H groups in total. The number of nitrogens with one attached hydrogen (secondary N) is 3. The van der Waals surface area contributed by atoms with E-state index >= 15 is 0 Å². The quantitative estimate of drug-likeness (QED) is 0.0978. The number of fused-ring (bicyclic) bond motifs is 2. The first kappa shape index (κ1) is 41.6. The van der Waals surface area contributed by atoms with Gasteiger partial charge in [-0.3, -0.25) is 48.9 Å². The molecule has 17 heteroatoms. The Balaban J connectivity index is 0.748. The number of aromatic nitrogens is 2. The molecule has 5 aliphatic rings. The fraction of sp³-hybridized carbons (Fsp3) is 0.432. The van der Waals surface area contributed by atoms with E-state index in [-0.39, 0.29) is 46.4 Å². The molecule has 1 saturated heterocycles. The smallest absolute Gasteiger partial charge is 0.264 e. The number of carbonyl (C=O) groups excluding carboxylic acids is 5. The van der Waals surface area contributed by atoms with Gasteiger partial charge in [-0.25, -0.2) is 0 Å². The summed E-state index contributed by atoms with van der Waals surface area (Å²) in [6.45, 7) is 2.60. The fourth-order valence-corrected chi connectivity index (χ4v) is 9.29. The van der Waals surface area contributed by atoms with Crippen molar-refractivity contribution in [2.45, 2.75) is 50.2 Å². The molecule has 1 unspecified atom stereocenters. The van der Waals surface area contributed by atoms with Crippen LogP contribution in [0.15, 0.2) is 59.8 Å². The summed E-state index contributed by atoms with van der Waals surface area (Å²) < 4.78 is 24.7. The van der Waals surface area contributed by atoms with Crippen molar-refractivity contribution >= 4 is 46.0 Å². The SMILES string of the molecule is COc1cc(-c2cn(C)c(=O)c3cnccc23)cc(OC)c1CN(C)C12CC(C(=O)NCCOCCOCCNc3cccc4c3C(=O)N(C3CCC(=O)NC3=O)C4=O)(C1)C2. The van der Waals surface area contributed by atoms with E-state index in [0.29, 0.717) is 68.6 Å². The Morgan fingerprint density at radius 2 is 1.62 bits per heavy atom. The van der Waals surface area contributed by atoms with Crippen LogP contribution in [0.1, 0.15) is 58.4 Å². The lowest BCUT2D eigenvalue weighted by Crippen LogP contribution is -2.77. The predicted octanol–water partition coefficient (Wildman–Crippen LogP) is 2.63. The highest BCUT2D eigenvalue weighted by Crippen LogP contribution is 2.70. The molecule has 4 aromatic rings. The Bertz CT molecular complexity index is 2460. The van der Waals surface area contributed by atoms with Crippen molar-refractivity contribution in [1.82, 2.24) is 30.0 Å². The van der Waals surface area contributed by atoms with Crippen LogP contribution in [0.5, 0.6) is 11.5 Å². The summed E-state index contributed by atoms with van der Waals surface area (Å²) in [6.07, 6.45) is 7.51. The maximum atomic E-state index is 13.3. The van der Waals surface area contributed by atoms with Gasteiger partial charge in [0.2, 0.25) is 17.7 Å². The lowest BCUT2D eigenvalue weighted by Gasteiger charge is -2.72. The van der Waals surface area contributed by atoms with Gasteiger partial charge < -0.3 is 34.1 Å². The van der Waals surface area contributed by atoms with E-state index in [1.165, 1.54) is 0 Å². The van der Waals surface area contributed by atoms with Gasteiger partial charge in [0.25, 0.3) is 17.4 Å². The van der Waals surface area contributed by atoms with Crippen molar-refractivity contribution in [3.63, 3.8) is 0 Å². The molecule has 17 nitrogen and oxygen atoms in total. The van der Waals surface area contributed by atoms with Crippen LogP contribution in [0.25, 0.3) is 21.9 Å². The van der Waals surface area contributed by atoms with E-state index in [1.54, 1.807) is 56.4 Å². The molecule has 3 aliphatic carbocycles. The minimum absolute atomic E-state index is 0.0423. The predicted molar refractivity (Wildman–Crippen MR) is 222 cm³/mol. The minimum atomic E-state index is -1.03. The minimum Gasteiger partial charge on any atom is -0.496 e. The van der Waals surface area contributed by atoms with Crippen molar-refractivity contribution in [3.05, 3.63) is 82.0 Å². The maximum absolute atomic E-state index is 13.3. The number of aryl methyl sites for hydroxylation is 1. The number of rotatable bonds is 18. The van der Waals surface area contributed by atoms with Gasteiger partial charge in [0, 0.05) is 68.5 Å². The Hall–Kier alpha value is -6.17. The summed E-state index contributed by atoms with van der Waals surface area (Å²) in [7, 11) is 7.07. The van der Waals surface area contributed by atoms with Crippen molar-refractivity contribution in [2.75, 3.05) is 66.1 Å². The molecule has 2 aromatic heterocycles. The summed E-state index contributed by atoms with van der Waals surface area (Å²) in [5.41, 5.74) is 2.90. The molecular weight excluding hydrogens is 787 g/mol. The zero-order valence-corrected chi connectivity index (χ0v) is 34.6. The standard InChI is InChI=1S/C44H49N7O10/c1-49-21-30(27-10-11-45-20-29(27)39(49)54)26-18-34(58-3)31(35(19-26)59-4)22-50(2)44-23-43(24-44,25-44)42(57)47-13-15-61-17-16-60-14-12-46-32-7-5-6-28-37(32)41(56)51(40(28)55)33-8-9-36(52)48-38(33)53/h5-7,10-11,18-21,33,46H,8-9,12-17,22-25H2,1-4H3,(H,47,57)(H,48,52,53). The lowest BCUT2D eigenvalue weighted by molar-refractivity contribution is -0.215.